The predicted molar refractivity (Wildman–Crippen MR) is 63.3 cm³/mol. The summed E-state index contributed by atoms with van der Waals surface area (Å²) in [6.45, 7) is 3.98. The second-order valence-electron chi connectivity index (χ2n) is 3.96. The zero-order valence-electron chi connectivity index (χ0n) is 10.1. The van der Waals surface area contributed by atoms with Gasteiger partial charge in [0.2, 0.25) is 0 Å². The Hall–Kier alpha value is -0.900. The fourth-order valence-corrected chi connectivity index (χ4v) is 1.90. The lowest BCUT2D eigenvalue weighted by Crippen LogP contribution is -2.28. The van der Waals surface area contributed by atoms with Gasteiger partial charge in [-0.05, 0) is 19.4 Å². The maximum absolute atomic E-state index is 9.81. The highest BCUT2D eigenvalue weighted by Gasteiger charge is 2.24. The van der Waals surface area contributed by atoms with Gasteiger partial charge in [0.05, 0.1) is 12.2 Å². The molecule has 0 aliphatic carbocycles. The first-order chi connectivity index (χ1) is 7.66. The Labute approximate surface area is 97.0 Å². The summed E-state index contributed by atoms with van der Waals surface area (Å²) >= 11 is 0. The molecule has 0 heterocycles. The van der Waals surface area contributed by atoms with Gasteiger partial charge in [-0.25, -0.2) is 0 Å². The summed E-state index contributed by atoms with van der Waals surface area (Å²) in [5.74, 6) is -0.0312. The highest BCUT2D eigenvalue weighted by molar-refractivity contribution is 5.21. The van der Waals surface area contributed by atoms with Crippen molar-refractivity contribution in [1.82, 2.24) is 0 Å². The van der Waals surface area contributed by atoms with Crippen LogP contribution < -0.4 is 0 Å². The molecule has 1 N–H and O–H groups in total. The number of hydrogen-bond acceptors (Lipinski definition) is 3. The third-order valence-corrected chi connectivity index (χ3v) is 2.66. The van der Waals surface area contributed by atoms with Gasteiger partial charge >= 0.3 is 0 Å². The van der Waals surface area contributed by atoms with E-state index in [-0.39, 0.29) is 18.8 Å². The summed E-state index contributed by atoms with van der Waals surface area (Å²) in [6.07, 6.45) is -0.531. The Bertz CT molecular complexity index is 284. The Morgan fingerprint density at radius 2 is 1.81 bits per heavy atom. The van der Waals surface area contributed by atoms with E-state index in [0.717, 1.165) is 5.56 Å². The van der Waals surface area contributed by atoms with Crippen LogP contribution in [0.3, 0.4) is 0 Å². The first-order valence-corrected chi connectivity index (χ1v) is 5.50. The van der Waals surface area contributed by atoms with E-state index in [1.165, 1.54) is 0 Å². The fraction of sp³-hybridized carbons (Fsp3) is 0.538. The molecular formula is C13H20O3. The van der Waals surface area contributed by atoms with E-state index in [2.05, 4.69) is 0 Å². The quantitative estimate of drug-likeness (QED) is 0.752. The summed E-state index contributed by atoms with van der Waals surface area (Å²) in [5.41, 5.74) is 1.08. The van der Waals surface area contributed by atoms with Crippen LogP contribution in [0.25, 0.3) is 0 Å². The van der Waals surface area contributed by atoms with Crippen LogP contribution in [0.5, 0.6) is 0 Å². The molecule has 1 aromatic rings. The van der Waals surface area contributed by atoms with Crippen molar-refractivity contribution in [2.45, 2.75) is 32.0 Å². The van der Waals surface area contributed by atoms with Crippen molar-refractivity contribution in [2.75, 3.05) is 13.9 Å². The second kappa shape index (κ2) is 6.63. The summed E-state index contributed by atoms with van der Waals surface area (Å²) in [6, 6.07) is 9.90. The molecule has 3 atom stereocenters. The predicted octanol–water partition coefficient (Wildman–Crippen LogP) is 2.16. The van der Waals surface area contributed by atoms with Gasteiger partial charge in [0.15, 0.2) is 0 Å². The average Bonchev–Trinajstić information content (AvgIpc) is 2.27. The van der Waals surface area contributed by atoms with E-state index < -0.39 is 6.10 Å². The zero-order valence-corrected chi connectivity index (χ0v) is 10.1. The Balaban J connectivity index is 2.75. The molecule has 0 saturated heterocycles. The van der Waals surface area contributed by atoms with Crippen LogP contribution in [0.1, 0.15) is 25.3 Å². The van der Waals surface area contributed by atoms with E-state index in [1.54, 1.807) is 14.0 Å². The molecule has 0 radical (unpaired) electrons. The Morgan fingerprint density at radius 1 is 1.19 bits per heavy atom. The van der Waals surface area contributed by atoms with E-state index in [9.17, 15) is 5.11 Å². The maximum atomic E-state index is 9.81. The molecule has 0 amide bonds. The Morgan fingerprint density at radius 3 is 2.31 bits per heavy atom. The van der Waals surface area contributed by atoms with E-state index in [1.807, 2.05) is 37.3 Å². The third-order valence-electron chi connectivity index (χ3n) is 2.66. The van der Waals surface area contributed by atoms with Gasteiger partial charge in [-0.1, -0.05) is 30.3 Å². The van der Waals surface area contributed by atoms with Crippen molar-refractivity contribution in [3.05, 3.63) is 35.9 Å². The molecule has 1 aromatic carbocycles. The monoisotopic (exact) mass is 224 g/mol. The van der Waals surface area contributed by atoms with Crippen LogP contribution in [0.15, 0.2) is 30.3 Å². The first-order valence-electron chi connectivity index (χ1n) is 5.50. The minimum absolute atomic E-state index is 0.0312. The third kappa shape index (κ3) is 3.59. The largest absolute Gasteiger partial charge is 0.393 e. The van der Waals surface area contributed by atoms with E-state index in [4.69, 9.17) is 9.47 Å². The molecule has 0 aromatic heterocycles. The first kappa shape index (κ1) is 13.2. The minimum Gasteiger partial charge on any atom is -0.393 e. The molecule has 3 nitrogen and oxygen atoms in total. The molecule has 0 aliphatic heterocycles. The number of aliphatic hydroxyl groups excluding tert-OH is 1. The highest BCUT2D eigenvalue weighted by atomic mass is 16.7. The molecule has 0 spiro atoms. The molecule has 0 unspecified atom stereocenters. The standard InChI is InChI=1S/C13H20O3/c1-10(14)13(11(2)16-9-15-3)12-7-5-4-6-8-12/h4-8,10-11,13-14H,9H2,1-3H3/t10-,11-,13+/m1/s1. The smallest absolute Gasteiger partial charge is 0.146 e. The van der Waals surface area contributed by atoms with Crippen molar-refractivity contribution in [1.29, 1.82) is 0 Å². The molecule has 0 fully saturated rings. The van der Waals surface area contributed by atoms with Crippen LogP contribution in [-0.4, -0.2) is 31.2 Å². The van der Waals surface area contributed by atoms with Gasteiger partial charge in [0.25, 0.3) is 0 Å². The second-order valence-corrected chi connectivity index (χ2v) is 3.96. The van der Waals surface area contributed by atoms with Crippen LogP contribution in [0.2, 0.25) is 0 Å². The molecule has 3 heteroatoms. The summed E-state index contributed by atoms with van der Waals surface area (Å²) in [5, 5.41) is 9.81. The topological polar surface area (TPSA) is 38.7 Å². The number of aliphatic hydroxyl groups is 1. The number of rotatable bonds is 6. The van der Waals surface area contributed by atoms with Crippen molar-refractivity contribution in [3.8, 4) is 0 Å². The molecule has 90 valence electrons. The van der Waals surface area contributed by atoms with Crippen molar-refractivity contribution in [2.24, 2.45) is 0 Å². The fourth-order valence-electron chi connectivity index (χ4n) is 1.90. The highest BCUT2D eigenvalue weighted by Crippen LogP contribution is 2.25. The summed E-state index contributed by atoms with van der Waals surface area (Å²) < 4.78 is 10.4. The van der Waals surface area contributed by atoms with Gasteiger partial charge in [0.1, 0.15) is 6.79 Å². The average molecular weight is 224 g/mol. The van der Waals surface area contributed by atoms with Gasteiger partial charge in [0, 0.05) is 13.0 Å². The lowest BCUT2D eigenvalue weighted by molar-refractivity contribution is -0.0851. The van der Waals surface area contributed by atoms with Gasteiger partial charge in [-0.2, -0.15) is 0 Å². The summed E-state index contributed by atoms with van der Waals surface area (Å²) in [4.78, 5) is 0. The SMILES string of the molecule is COCO[C@H](C)[C@@H](c1ccccc1)[C@@H](C)O. The van der Waals surface area contributed by atoms with Crippen LogP contribution in [0, 0.1) is 0 Å². The molecule has 0 aliphatic rings. The number of methoxy groups -OCH3 is 1. The van der Waals surface area contributed by atoms with Crippen LogP contribution in [-0.2, 0) is 9.47 Å². The Kier molecular flexibility index (Phi) is 5.46. The maximum Gasteiger partial charge on any atom is 0.146 e. The van der Waals surface area contributed by atoms with E-state index >= 15 is 0 Å². The normalized spacial score (nSPS) is 16.8. The molecule has 0 bridgehead atoms. The number of hydrogen-bond donors (Lipinski definition) is 1. The van der Waals surface area contributed by atoms with Gasteiger partial charge < -0.3 is 14.6 Å². The van der Waals surface area contributed by atoms with Gasteiger partial charge in [-0.3, -0.25) is 0 Å². The zero-order chi connectivity index (χ0) is 12.0. The van der Waals surface area contributed by atoms with Crippen molar-refractivity contribution < 1.29 is 14.6 Å². The van der Waals surface area contributed by atoms with Crippen molar-refractivity contribution in [3.63, 3.8) is 0 Å². The molecule has 1 rings (SSSR count). The molecular weight excluding hydrogens is 204 g/mol. The van der Waals surface area contributed by atoms with Crippen molar-refractivity contribution >= 4 is 0 Å². The number of benzene rings is 1. The molecule has 0 saturated carbocycles. The molecule has 16 heavy (non-hydrogen) atoms. The lowest BCUT2D eigenvalue weighted by Gasteiger charge is -2.26. The number of ether oxygens (including phenoxy) is 2. The van der Waals surface area contributed by atoms with Gasteiger partial charge in [-0.15, -0.1) is 0 Å². The van der Waals surface area contributed by atoms with Crippen LogP contribution >= 0.6 is 0 Å². The lowest BCUT2D eigenvalue weighted by atomic mass is 9.90. The minimum atomic E-state index is -0.450. The summed E-state index contributed by atoms with van der Waals surface area (Å²) in [7, 11) is 1.59. The van der Waals surface area contributed by atoms with Crippen LogP contribution in [0.4, 0.5) is 0 Å². The van der Waals surface area contributed by atoms with E-state index in [0.29, 0.717) is 0 Å².